The van der Waals surface area contributed by atoms with Crippen molar-refractivity contribution >= 4 is 0 Å². The fourth-order valence-corrected chi connectivity index (χ4v) is 2.59. The highest BCUT2D eigenvalue weighted by atomic mass is 19.3. The number of rotatable bonds is 4. The Morgan fingerprint density at radius 2 is 2.15 bits per heavy atom. The molecule has 0 saturated carbocycles. The zero-order valence-electron chi connectivity index (χ0n) is 10.7. The first-order chi connectivity index (χ1) is 9.65. The zero-order valence-corrected chi connectivity index (χ0v) is 10.7. The third-order valence-electron chi connectivity index (χ3n) is 3.60. The molecule has 6 heteroatoms. The second-order valence-corrected chi connectivity index (χ2v) is 4.94. The van der Waals surface area contributed by atoms with Gasteiger partial charge in [0.1, 0.15) is 6.10 Å². The van der Waals surface area contributed by atoms with Crippen LogP contribution in [0.1, 0.15) is 35.2 Å². The predicted octanol–water partition coefficient (Wildman–Crippen LogP) is 2.32. The van der Waals surface area contributed by atoms with Crippen LogP contribution in [0.15, 0.2) is 28.8 Å². The van der Waals surface area contributed by atoms with Crippen molar-refractivity contribution in [3.8, 4) is 0 Å². The minimum Gasteiger partial charge on any atom is -0.387 e. The fourth-order valence-electron chi connectivity index (χ4n) is 2.59. The number of nitrogens with zero attached hydrogens (tertiary/aromatic N) is 2. The van der Waals surface area contributed by atoms with Crippen molar-refractivity contribution in [2.24, 2.45) is 0 Å². The van der Waals surface area contributed by atoms with Crippen molar-refractivity contribution < 1.29 is 18.4 Å². The highest BCUT2D eigenvalue weighted by Crippen LogP contribution is 2.36. The van der Waals surface area contributed by atoms with Crippen LogP contribution in [0.5, 0.6) is 0 Å². The topological polar surface area (TPSA) is 59.2 Å². The first-order valence-corrected chi connectivity index (χ1v) is 6.51. The summed E-state index contributed by atoms with van der Waals surface area (Å²) < 4.78 is 29.5. The van der Waals surface area contributed by atoms with Gasteiger partial charge in [0.15, 0.2) is 5.82 Å². The van der Waals surface area contributed by atoms with E-state index in [2.05, 4.69) is 16.2 Å². The fraction of sp³-hybridized carbons (Fsp3) is 0.429. The maximum absolute atomic E-state index is 12.3. The summed E-state index contributed by atoms with van der Waals surface area (Å²) in [6.07, 6.45) is -3.06. The SMILES string of the molecule is OC(Cc1nc(C2CCc3ccccc32)no1)C(F)F. The van der Waals surface area contributed by atoms with Crippen LogP contribution in [0.2, 0.25) is 0 Å². The van der Waals surface area contributed by atoms with Gasteiger partial charge in [-0.2, -0.15) is 4.98 Å². The summed E-state index contributed by atoms with van der Waals surface area (Å²) in [6.45, 7) is 0. The van der Waals surface area contributed by atoms with Gasteiger partial charge in [-0.25, -0.2) is 8.78 Å². The van der Waals surface area contributed by atoms with Gasteiger partial charge in [0.25, 0.3) is 6.43 Å². The molecule has 0 bridgehead atoms. The van der Waals surface area contributed by atoms with Crippen molar-refractivity contribution in [1.82, 2.24) is 10.1 Å². The number of hydrogen-bond acceptors (Lipinski definition) is 4. The molecule has 2 aromatic rings. The van der Waals surface area contributed by atoms with Crippen LogP contribution >= 0.6 is 0 Å². The number of halogens is 2. The zero-order chi connectivity index (χ0) is 14.1. The van der Waals surface area contributed by atoms with Gasteiger partial charge >= 0.3 is 0 Å². The van der Waals surface area contributed by atoms with Gasteiger partial charge in [0.2, 0.25) is 5.89 Å². The molecule has 4 nitrogen and oxygen atoms in total. The lowest BCUT2D eigenvalue weighted by Crippen LogP contribution is -2.20. The molecule has 1 aromatic heterocycles. The van der Waals surface area contributed by atoms with E-state index >= 15 is 0 Å². The van der Waals surface area contributed by atoms with E-state index in [-0.39, 0.29) is 18.2 Å². The van der Waals surface area contributed by atoms with Gasteiger partial charge in [0, 0.05) is 5.92 Å². The van der Waals surface area contributed by atoms with Crippen LogP contribution in [0.25, 0.3) is 0 Å². The number of hydrogen-bond donors (Lipinski definition) is 1. The highest BCUT2D eigenvalue weighted by Gasteiger charge is 2.28. The van der Waals surface area contributed by atoms with Crippen molar-refractivity contribution in [3.63, 3.8) is 0 Å². The van der Waals surface area contributed by atoms with Crippen molar-refractivity contribution in [2.45, 2.75) is 37.7 Å². The van der Waals surface area contributed by atoms with Crippen LogP contribution < -0.4 is 0 Å². The van der Waals surface area contributed by atoms with E-state index in [9.17, 15) is 8.78 Å². The third kappa shape index (κ3) is 2.43. The maximum atomic E-state index is 12.3. The molecule has 0 aliphatic heterocycles. The summed E-state index contributed by atoms with van der Waals surface area (Å²) in [5.74, 6) is 0.607. The molecule has 0 amide bonds. The smallest absolute Gasteiger partial charge is 0.264 e. The second kappa shape index (κ2) is 5.28. The minimum absolute atomic E-state index is 0.0485. The van der Waals surface area contributed by atoms with Crippen molar-refractivity contribution in [3.05, 3.63) is 47.1 Å². The lowest BCUT2D eigenvalue weighted by molar-refractivity contribution is -0.00754. The van der Waals surface area contributed by atoms with Crippen LogP contribution in [-0.4, -0.2) is 27.8 Å². The predicted molar refractivity (Wildman–Crippen MR) is 66.6 cm³/mol. The van der Waals surface area contributed by atoms with E-state index in [0.717, 1.165) is 18.4 Å². The lowest BCUT2D eigenvalue weighted by atomic mass is 10.0. The Balaban J connectivity index is 1.78. The monoisotopic (exact) mass is 280 g/mol. The molecule has 2 atom stereocenters. The first-order valence-electron chi connectivity index (χ1n) is 6.51. The van der Waals surface area contributed by atoms with Crippen LogP contribution in [-0.2, 0) is 12.8 Å². The standard InChI is InChI=1S/C14H14F2N2O2/c15-13(16)11(19)7-12-17-14(18-20-12)10-6-5-8-3-1-2-4-9(8)10/h1-4,10-11,13,19H,5-7H2. The van der Waals surface area contributed by atoms with Gasteiger partial charge in [-0.15, -0.1) is 0 Å². The van der Waals surface area contributed by atoms with Gasteiger partial charge in [-0.3, -0.25) is 0 Å². The molecule has 1 heterocycles. The number of aryl methyl sites for hydroxylation is 1. The van der Waals surface area contributed by atoms with Gasteiger partial charge in [-0.1, -0.05) is 29.4 Å². The summed E-state index contributed by atoms with van der Waals surface area (Å²) in [6, 6.07) is 8.04. The summed E-state index contributed by atoms with van der Waals surface area (Å²) in [5.41, 5.74) is 2.42. The Hall–Kier alpha value is -1.82. The average molecular weight is 280 g/mol. The molecular formula is C14H14F2N2O2. The quantitative estimate of drug-likeness (QED) is 0.933. The Kier molecular flexibility index (Phi) is 3.48. The summed E-state index contributed by atoms with van der Waals surface area (Å²) in [5, 5.41) is 13.0. The van der Waals surface area contributed by atoms with Crippen LogP contribution in [0, 0.1) is 0 Å². The molecule has 20 heavy (non-hydrogen) atoms. The van der Waals surface area contributed by atoms with E-state index in [0.29, 0.717) is 5.82 Å². The number of benzene rings is 1. The van der Waals surface area contributed by atoms with E-state index in [1.807, 2.05) is 18.2 Å². The Labute approximate surface area is 114 Å². The molecule has 1 aromatic carbocycles. The largest absolute Gasteiger partial charge is 0.387 e. The maximum Gasteiger partial charge on any atom is 0.264 e. The number of aliphatic hydroxyl groups is 1. The second-order valence-electron chi connectivity index (χ2n) is 4.94. The molecular weight excluding hydrogens is 266 g/mol. The Morgan fingerprint density at radius 1 is 1.35 bits per heavy atom. The van der Waals surface area contributed by atoms with E-state index < -0.39 is 12.5 Å². The van der Waals surface area contributed by atoms with E-state index in [1.165, 1.54) is 5.56 Å². The lowest BCUT2D eigenvalue weighted by Gasteiger charge is -2.06. The van der Waals surface area contributed by atoms with Gasteiger partial charge in [0.05, 0.1) is 6.42 Å². The van der Waals surface area contributed by atoms with Crippen molar-refractivity contribution in [1.29, 1.82) is 0 Å². The Morgan fingerprint density at radius 3 is 2.95 bits per heavy atom. The first kappa shape index (κ1) is 13.2. The normalized spacial score (nSPS) is 19.3. The van der Waals surface area contributed by atoms with E-state index in [4.69, 9.17) is 9.63 Å². The number of aliphatic hydroxyl groups excluding tert-OH is 1. The van der Waals surface area contributed by atoms with Crippen LogP contribution in [0.3, 0.4) is 0 Å². The molecule has 0 fully saturated rings. The van der Waals surface area contributed by atoms with E-state index in [1.54, 1.807) is 0 Å². The van der Waals surface area contributed by atoms with Gasteiger partial charge < -0.3 is 9.63 Å². The highest BCUT2D eigenvalue weighted by molar-refractivity contribution is 5.38. The number of aromatic nitrogens is 2. The molecule has 1 aliphatic rings. The number of alkyl halides is 2. The molecule has 0 spiro atoms. The summed E-state index contributed by atoms with van der Waals surface area (Å²) >= 11 is 0. The average Bonchev–Trinajstić information content (AvgIpc) is 3.04. The number of fused-ring (bicyclic) bond motifs is 1. The van der Waals surface area contributed by atoms with Crippen molar-refractivity contribution in [2.75, 3.05) is 0 Å². The minimum atomic E-state index is -2.81. The molecule has 0 saturated heterocycles. The summed E-state index contributed by atoms with van der Waals surface area (Å²) in [7, 11) is 0. The molecule has 1 aliphatic carbocycles. The van der Waals surface area contributed by atoms with Gasteiger partial charge in [-0.05, 0) is 24.0 Å². The van der Waals surface area contributed by atoms with Crippen LogP contribution in [0.4, 0.5) is 8.78 Å². The molecule has 106 valence electrons. The molecule has 1 N–H and O–H groups in total. The summed E-state index contributed by atoms with van der Waals surface area (Å²) in [4.78, 5) is 4.14. The molecule has 0 radical (unpaired) electrons. The third-order valence-corrected chi connectivity index (χ3v) is 3.60. The molecule has 3 rings (SSSR count). The Bertz CT molecular complexity index is 600. The molecule has 2 unspecified atom stereocenters.